The van der Waals surface area contributed by atoms with Crippen LogP contribution in [0.2, 0.25) is 0 Å². The Morgan fingerprint density at radius 2 is 1.68 bits per heavy atom. The second kappa shape index (κ2) is 13.7. The molecule has 0 spiro atoms. The second-order valence-electron chi connectivity index (χ2n) is 9.13. The molecule has 3 amide bonds. The number of benzene rings is 2. The van der Waals surface area contributed by atoms with Crippen LogP contribution >= 0.6 is 11.3 Å². The molecule has 8 heteroatoms. The number of urea groups is 1. The molecular weight excluding hydrogens is 498 g/mol. The first-order valence-electron chi connectivity index (χ1n) is 12.5. The van der Waals surface area contributed by atoms with Gasteiger partial charge in [0.15, 0.2) is 11.5 Å². The molecule has 0 aliphatic rings. The van der Waals surface area contributed by atoms with Gasteiger partial charge in [-0.3, -0.25) is 4.79 Å². The van der Waals surface area contributed by atoms with E-state index in [9.17, 15) is 9.59 Å². The SMILES string of the molecule is C=CCN(CC(=O)N(CCc1ccc(OC)c(OC)c1)Cc1ccc(C)s1)C(=O)Nc1c(C)cccc1C. The van der Waals surface area contributed by atoms with E-state index < -0.39 is 0 Å². The Morgan fingerprint density at radius 3 is 2.29 bits per heavy atom. The quantitative estimate of drug-likeness (QED) is 0.290. The van der Waals surface area contributed by atoms with E-state index in [0.717, 1.165) is 27.3 Å². The van der Waals surface area contributed by atoms with Crippen molar-refractivity contribution in [2.24, 2.45) is 0 Å². The van der Waals surface area contributed by atoms with E-state index in [1.165, 1.54) is 9.78 Å². The summed E-state index contributed by atoms with van der Waals surface area (Å²) in [7, 11) is 3.21. The summed E-state index contributed by atoms with van der Waals surface area (Å²) in [5.74, 6) is 1.18. The van der Waals surface area contributed by atoms with Crippen molar-refractivity contribution in [1.29, 1.82) is 0 Å². The summed E-state index contributed by atoms with van der Waals surface area (Å²) in [6.07, 6.45) is 2.26. The van der Waals surface area contributed by atoms with Gasteiger partial charge in [0.25, 0.3) is 0 Å². The molecule has 0 bridgehead atoms. The van der Waals surface area contributed by atoms with Crippen LogP contribution in [0.3, 0.4) is 0 Å². The van der Waals surface area contributed by atoms with Crippen molar-refractivity contribution in [3.05, 3.63) is 87.6 Å². The first-order chi connectivity index (χ1) is 18.2. The highest BCUT2D eigenvalue weighted by molar-refractivity contribution is 7.11. The molecule has 2 aromatic carbocycles. The third-order valence-electron chi connectivity index (χ3n) is 6.29. The van der Waals surface area contributed by atoms with E-state index in [0.29, 0.717) is 31.0 Å². The number of thiophene rings is 1. The number of para-hydroxylation sites is 1. The van der Waals surface area contributed by atoms with Crippen molar-refractivity contribution in [3.8, 4) is 11.5 Å². The Morgan fingerprint density at radius 1 is 0.974 bits per heavy atom. The standard InChI is InChI=1S/C30H37N3O4S/c1-7-16-33(30(35)31-29-21(2)9-8-10-22(29)3)20-28(34)32(19-25-13-11-23(4)38-25)17-15-24-12-14-26(36-5)27(18-24)37-6/h7-14,18H,1,15-17,19-20H2,2-6H3,(H,31,35). The predicted molar refractivity (Wildman–Crippen MR) is 154 cm³/mol. The van der Waals surface area contributed by atoms with Gasteiger partial charge in [-0.1, -0.05) is 30.3 Å². The fourth-order valence-electron chi connectivity index (χ4n) is 4.19. The third kappa shape index (κ3) is 7.61. The number of ether oxygens (including phenoxy) is 2. The number of aryl methyl sites for hydroxylation is 3. The zero-order chi connectivity index (χ0) is 27.7. The van der Waals surface area contributed by atoms with Crippen LogP contribution in [0.25, 0.3) is 0 Å². The van der Waals surface area contributed by atoms with Gasteiger partial charge < -0.3 is 24.6 Å². The van der Waals surface area contributed by atoms with Gasteiger partial charge in [0.2, 0.25) is 5.91 Å². The van der Waals surface area contributed by atoms with E-state index >= 15 is 0 Å². The average molecular weight is 536 g/mol. The molecule has 1 aromatic heterocycles. The molecule has 0 saturated carbocycles. The molecule has 0 atom stereocenters. The molecule has 3 aromatic rings. The second-order valence-corrected chi connectivity index (χ2v) is 10.5. The molecule has 0 aliphatic heterocycles. The van der Waals surface area contributed by atoms with Crippen molar-refractivity contribution in [1.82, 2.24) is 9.80 Å². The van der Waals surface area contributed by atoms with E-state index in [-0.39, 0.29) is 25.0 Å². The van der Waals surface area contributed by atoms with Gasteiger partial charge in [-0.25, -0.2) is 4.79 Å². The summed E-state index contributed by atoms with van der Waals surface area (Å²) in [5.41, 5.74) is 3.72. The van der Waals surface area contributed by atoms with Crippen LogP contribution in [0, 0.1) is 20.8 Å². The third-order valence-corrected chi connectivity index (χ3v) is 7.28. The van der Waals surface area contributed by atoms with Gasteiger partial charge in [-0.05, 0) is 68.1 Å². The predicted octanol–water partition coefficient (Wildman–Crippen LogP) is 5.98. The molecule has 7 nitrogen and oxygen atoms in total. The molecule has 38 heavy (non-hydrogen) atoms. The minimum Gasteiger partial charge on any atom is -0.493 e. The van der Waals surface area contributed by atoms with E-state index in [4.69, 9.17) is 9.47 Å². The lowest BCUT2D eigenvalue weighted by molar-refractivity contribution is -0.132. The number of anilines is 1. The molecule has 0 fully saturated rings. The van der Waals surface area contributed by atoms with Crippen molar-refractivity contribution in [3.63, 3.8) is 0 Å². The molecule has 0 unspecified atom stereocenters. The number of rotatable bonds is 12. The number of amides is 3. The molecule has 0 saturated heterocycles. The smallest absolute Gasteiger partial charge is 0.322 e. The fourth-order valence-corrected chi connectivity index (χ4v) is 5.09. The summed E-state index contributed by atoms with van der Waals surface area (Å²) in [5, 5.41) is 2.99. The normalized spacial score (nSPS) is 10.6. The summed E-state index contributed by atoms with van der Waals surface area (Å²) in [6.45, 7) is 10.9. The molecule has 1 heterocycles. The van der Waals surface area contributed by atoms with Crippen molar-refractivity contribution in [2.75, 3.05) is 39.2 Å². The summed E-state index contributed by atoms with van der Waals surface area (Å²) in [6, 6.07) is 15.4. The van der Waals surface area contributed by atoms with Crippen LogP contribution in [-0.4, -0.2) is 55.6 Å². The summed E-state index contributed by atoms with van der Waals surface area (Å²) < 4.78 is 10.8. The van der Waals surface area contributed by atoms with Gasteiger partial charge in [0.05, 0.1) is 20.8 Å². The van der Waals surface area contributed by atoms with Crippen LogP contribution < -0.4 is 14.8 Å². The topological polar surface area (TPSA) is 71.1 Å². The Hall–Kier alpha value is -3.78. The zero-order valence-corrected chi connectivity index (χ0v) is 23.7. The van der Waals surface area contributed by atoms with Gasteiger partial charge in [-0.2, -0.15) is 0 Å². The highest BCUT2D eigenvalue weighted by atomic mass is 32.1. The lowest BCUT2D eigenvalue weighted by Crippen LogP contribution is -2.45. The van der Waals surface area contributed by atoms with Crippen LogP contribution in [0.5, 0.6) is 11.5 Å². The van der Waals surface area contributed by atoms with E-state index in [1.807, 2.05) is 68.1 Å². The minimum absolute atomic E-state index is 0.0565. The molecule has 202 valence electrons. The fraction of sp³-hybridized carbons (Fsp3) is 0.333. The lowest BCUT2D eigenvalue weighted by atomic mass is 10.1. The number of hydrogen-bond acceptors (Lipinski definition) is 5. The number of nitrogens with zero attached hydrogens (tertiary/aromatic N) is 2. The number of methoxy groups -OCH3 is 2. The van der Waals surface area contributed by atoms with Crippen LogP contribution in [0.4, 0.5) is 10.5 Å². The maximum absolute atomic E-state index is 13.6. The monoisotopic (exact) mass is 535 g/mol. The zero-order valence-electron chi connectivity index (χ0n) is 22.9. The molecular formula is C30H37N3O4S. The van der Waals surface area contributed by atoms with Crippen molar-refractivity contribution < 1.29 is 19.1 Å². The lowest BCUT2D eigenvalue weighted by Gasteiger charge is -2.27. The minimum atomic E-state index is -0.331. The van der Waals surface area contributed by atoms with Gasteiger partial charge in [0, 0.05) is 28.5 Å². The van der Waals surface area contributed by atoms with Crippen molar-refractivity contribution >= 4 is 29.0 Å². The number of nitrogens with one attached hydrogen (secondary N) is 1. The maximum atomic E-state index is 13.6. The molecule has 0 aliphatic carbocycles. The van der Waals surface area contributed by atoms with Gasteiger partial charge >= 0.3 is 6.03 Å². The largest absolute Gasteiger partial charge is 0.493 e. The Kier molecular flexibility index (Phi) is 10.4. The van der Waals surface area contributed by atoms with E-state index in [1.54, 1.807) is 31.6 Å². The van der Waals surface area contributed by atoms with Gasteiger partial charge in [0.1, 0.15) is 6.54 Å². The van der Waals surface area contributed by atoms with Gasteiger partial charge in [-0.15, -0.1) is 17.9 Å². The highest BCUT2D eigenvalue weighted by Gasteiger charge is 2.22. The maximum Gasteiger partial charge on any atom is 0.322 e. The highest BCUT2D eigenvalue weighted by Crippen LogP contribution is 2.28. The van der Waals surface area contributed by atoms with Crippen LogP contribution in [0.1, 0.15) is 26.4 Å². The molecule has 1 N–H and O–H groups in total. The first-order valence-corrected chi connectivity index (χ1v) is 13.3. The average Bonchev–Trinajstić information content (AvgIpc) is 3.32. The van der Waals surface area contributed by atoms with Crippen LogP contribution in [-0.2, 0) is 17.8 Å². The Labute approximate surface area is 229 Å². The number of carbonyl (C=O) groups excluding carboxylic acids is 2. The summed E-state index contributed by atoms with van der Waals surface area (Å²) >= 11 is 1.67. The Bertz CT molecular complexity index is 1250. The summed E-state index contributed by atoms with van der Waals surface area (Å²) in [4.78, 5) is 32.4. The van der Waals surface area contributed by atoms with E-state index in [2.05, 4.69) is 18.0 Å². The van der Waals surface area contributed by atoms with Crippen LogP contribution in [0.15, 0.2) is 61.2 Å². The first kappa shape index (κ1) is 28.8. The molecule has 0 radical (unpaired) electrons. The Balaban J connectivity index is 1.77. The van der Waals surface area contributed by atoms with Crippen molar-refractivity contribution in [2.45, 2.75) is 33.7 Å². The number of hydrogen-bond donors (Lipinski definition) is 1. The molecule has 3 rings (SSSR count). The number of carbonyl (C=O) groups is 2.